The molecule has 70 heavy (non-hydrogen) atoms. The van der Waals surface area contributed by atoms with Crippen LogP contribution in [-0.2, 0) is 32.7 Å². The first-order valence-electron chi connectivity index (χ1n) is 24.0. The van der Waals surface area contributed by atoms with Gasteiger partial charge in [-0.25, -0.2) is 15.0 Å². The summed E-state index contributed by atoms with van der Waals surface area (Å²) >= 11 is 0. The van der Waals surface area contributed by atoms with Crippen molar-refractivity contribution in [2.24, 2.45) is 0 Å². The molecule has 0 fully saturated rings. The molecule has 360 valence electrons. The SMILES string of the molecule is CC(C)N(Cc1ncc[nH]1)c1cccc(Cc2ccccc2)c1.CC(C)N(Cc1ncc[nH]1)c1cccc(OCc2ccccc2)c1.CC(C)N(Cc1ncc[nH]1)c1cccc(Oc2cccnc2)c1. The molecule has 9 aromatic rings. The molecule has 0 amide bonds. The number of hydrogen-bond acceptors (Lipinski definition) is 9. The number of H-pyrrole nitrogens is 3. The Kier molecular flexibility index (Phi) is 18.4. The Hall–Kier alpha value is -8.12. The first-order chi connectivity index (χ1) is 34.2. The zero-order valence-corrected chi connectivity index (χ0v) is 41.2. The van der Waals surface area contributed by atoms with Gasteiger partial charge >= 0.3 is 0 Å². The highest BCUT2D eigenvalue weighted by molar-refractivity contribution is 5.53. The van der Waals surface area contributed by atoms with Crippen LogP contribution in [0, 0.1) is 0 Å². The number of aromatic nitrogens is 7. The molecule has 3 N–H and O–H groups in total. The molecule has 12 heteroatoms. The van der Waals surface area contributed by atoms with E-state index in [-0.39, 0.29) is 0 Å². The van der Waals surface area contributed by atoms with E-state index in [1.807, 2.05) is 79.3 Å². The van der Waals surface area contributed by atoms with Crippen LogP contribution >= 0.6 is 0 Å². The van der Waals surface area contributed by atoms with E-state index in [9.17, 15) is 0 Å². The van der Waals surface area contributed by atoms with E-state index in [1.165, 1.54) is 22.4 Å². The summed E-state index contributed by atoms with van der Waals surface area (Å²) in [5.74, 6) is 5.29. The second-order valence-electron chi connectivity index (χ2n) is 17.7. The van der Waals surface area contributed by atoms with Crippen molar-refractivity contribution >= 4 is 17.1 Å². The largest absolute Gasteiger partial charge is 0.489 e. The second-order valence-corrected chi connectivity index (χ2v) is 17.7. The molecular weight excluding hydrogens is 869 g/mol. The van der Waals surface area contributed by atoms with Crippen LogP contribution in [0.5, 0.6) is 17.2 Å². The van der Waals surface area contributed by atoms with Crippen molar-refractivity contribution in [2.75, 3.05) is 14.7 Å². The maximum atomic E-state index is 5.95. The number of ether oxygens (including phenoxy) is 2. The van der Waals surface area contributed by atoms with Crippen molar-refractivity contribution in [3.63, 3.8) is 0 Å². The highest BCUT2D eigenvalue weighted by atomic mass is 16.5. The van der Waals surface area contributed by atoms with Crippen molar-refractivity contribution in [1.29, 1.82) is 0 Å². The molecule has 0 aliphatic rings. The predicted molar refractivity (Wildman–Crippen MR) is 283 cm³/mol. The Bertz CT molecular complexity index is 2670. The zero-order chi connectivity index (χ0) is 48.9. The molecule has 0 bridgehead atoms. The predicted octanol–water partition coefficient (Wildman–Crippen LogP) is 12.8. The highest BCUT2D eigenvalue weighted by Gasteiger charge is 2.16. The third-order valence-electron chi connectivity index (χ3n) is 11.4. The van der Waals surface area contributed by atoms with Crippen molar-refractivity contribution < 1.29 is 9.47 Å². The molecule has 0 unspecified atom stereocenters. The minimum atomic E-state index is 0.341. The molecule has 0 saturated heterocycles. The standard InChI is InChI=1S/C20H23N3O.C20H23N3.C18H20N4O/c1-16(2)23(14-20-21-11-12-22-20)18-9-6-10-19(13-18)24-15-17-7-4-3-5-8-17;1-16(2)23(15-20-21-11-12-22-20)19-10-6-9-18(14-19)13-17-7-4-3-5-8-17;1-14(2)22(13-18-20-9-10-21-18)15-5-3-6-16(11-15)23-17-7-4-8-19-12-17/h3-13,16H,14-15H2,1-2H3,(H,21,22);3-12,14,16H,13,15H2,1-2H3,(H,21,22);3-12,14H,13H2,1-2H3,(H,20,21). The summed E-state index contributed by atoms with van der Waals surface area (Å²) < 4.78 is 11.8. The number of anilines is 3. The van der Waals surface area contributed by atoms with Crippen molar-refractivity contribution in [3.05, 3.63) is 229 Å². The monoisotopic (exact) mass is 935 g/mol. The number of benzene rings is 5. The van der Waals surface area contributed by atoms with Gasteiger partial charge in [-0.1, -0.05) is 84.9 Å². The third-order valence-corrected chi connectivity index (χ3v) is 11.4. The van der Waals surface area contributed by atoms with Crippen LogP contribution in [0.2, 0.25) is 0 Å². The van der Waals surface area contributed by atoms with Gasteiger partial charge in [0.05, 0.1) is 25.8 Å². The lowest BCUT2D eigenvalue weighted by molar-refractivity contribution is 0.306. The van der Waals surface area contributed by atoms with Crippen LogP contribution in [0.25, 0.3) is 0 Å². The molecule has 4 heterocycles. The van der Waals surface area contributed by atoms with Gasteiger partial charge in [0.2, 0.25) is 0 Å². The Morgan fingerprint density at radius 2 is 0.871 bits per heavy atom. The summed E-state index contributed by atoms with van der Waals surface area (Å²) in [5, 5.41) is 0. The molecule has 0 saturated carbocycles. The number of rotatable bonds is 19. The fraction of sp³-hybridized carbons (Fsp3) is 0.241. The molecule has 0 atom stereocenters. The van der Waals surface area contributed by atoms with Crippen LogP contribution in [0.15, 0.2) is 195 Å². The van der Waals surface area contributed by atoms with E-state index < -0.39 is 0 Å². The number of nitrogens with zero attached hydrogens (tertiary/aromatic N) is 7. The number of hydrogen-bond donors (Lipinski definition) is 3. The lowest BCUT2D eigenvalue weighted by Crippen LogP contribution is -2.30. The van der Waals surface area contributed by atoms with Crippen molar-refractivity contribution in [1.82, 2.24) is 34.9 Å². The van der Waals surface area contributed by atoms with Gasteiger partial charge < -0.3 is 39.1 Å². The maximum Gasteiger partial charge on any atom is 0.145 e. The van der Waals surface area contributed by atoms with Gasteiger partial charge in [-0.3, -0.25) is 4.98 Å². The van der Waals surface area contributed by atoms with Crippen LogP contribution in [0.4, 0.5) is 17.1 Å². The third kappa shape index (κ3) is 15.5. The molecule has 0 spiro atoms. The molecule has 0 aliphatic carbocycles. The van der Waals surface area contributed by atoms with E-state index in [2.05, 4.69) is 176 Å². The van der Waals surface area contributed by atoms with Gasteiger partial charge in [-0.2, -0.15) is 0 Å². The van der Waals surface area contributed by atoms with Crippen LogP contribution in [0.1, 0.15) is 75.7 Å². The zero-order valence-electron chi connectivity index (χ0n) is 41.2. The maximum absolute atomic E-state index is 5.95. The Morgan fingerprint density at radius 3 is 1.34 bits per heavy atom. The van der Waals surface area contributed by atoms with Crippen molar-refractivity contribution in [3.8, 4) is 17.2 Å². The lowest BCUT2D eigenvalue weighted by atomic mass is 10.0. The number of nitrogens with one attached hydrogen (secondary N) is 3. The molecular formula is C58H66N10O2. The average Bonchev–Trinajstić information content (AvgIpc) is 4.21. The lowest BCUT2D eigenvalue weighted by Gasteiger charge is -2.28. The number of pyridine rings is 1. The fourth-order valence-corrected chi connectivity index (χ4v) is 7.79. The average molecular weight is 935 g/mol. The number of imidazole rings is 3. The molecule has 9 rings (SSSR count). The van der Waals surface area contributed by atoms with E-state index in [1.54, 1.807) is 31.0 Å². The van der Waals surface area contributed by atoms with Gasteiger partial charge in [-0.05, 0) is 113 Å². The van der Waals surface area contributed by atoms with Crippen LogP contribution in [-0.4, -0.2) is 53.0 Å². The first-order valence-corrected chi connectivity index (χ1v) is 24.0. The Labute approximate surface area is 413 Å². The summed E-state index contributed by atoms with van der Waals surface area (Å²) in [6.45, 7) is 16.0. The molecule has 0 aliphatic heterocycles. The Balaban J connectivity index is 0.000000155. The van der Waals surface area contributed by atoms with Gasteiger partial charge in [0.25, 0.3) is 0 Å². The van der Waals surface area contributed by atoms with Crippen LogP contribution in [0.3, 0.4) is 0 Å². The van der Waals surface area contributed by atoms with E-state index in [0.29, 0.717) is 24.7 Å². The van der Waals surface area contributed by atoms with Gasteiger partial charge in [-0.15, -0.1) is 0 Å². The summed E-state index contributed by atoms with van der Waals surface area (Å²) in [7, 11) is 0. The van der Waals surface area contributed by atoms with Gasteiger partial charge in [0, 0.05) is 90.7 Å². The minimum Gasteiger partial charge on any atom is -0.489 e. The Morgan fingerprint density at radius 1 is 0.429 bits per heavy atom. The van der Waals surface area contributed by atoms with E-state index in [4.69, 9.17) is 9.47 Å². The first kappa shape index (κ1) is 49.8. The van der Waals surface area contributed by atoms with Gasteiger partial charge in [0.1, 0.15) is 41.3 Å². The summed E-state index contributed by atoms with van der Waals surface area (Å²) in [5.41, 5.74) is 7.30. The van der Waals surface area contributed by atoms with Crippen molar-refractivity contribution in [2.45, 2.75) is 92.3 Å². The molecule has 12 nitrogen and oxygen atoms in total. The number of aromatic amines is 3. The molecule has 0 radical (unpaired) electrons. The van der Waals surface area contributed by atoms with Gasteiger partial charge in [0.15, 0.2) is 0 Å². The molecule has 4 aromatic heterocycles. The minimum absolute atomic E-state index is 0.341. The molecule has 5 aromatic carbocycles. The fourth-order valence-electron chi connectivity index (χ4n) is 7.79. The normalized spacial score (nSPS) is 10.8. The summed E-state index contributed by atoms with van der Waals surface area (Å²) in [6.07, 6.45) is 15.3. The van der Waals surface area contributed by atoms with E-state index in [0.717, 1.165) is 72.2 Å². The summed E-state index contributed by atoms with van der Waals surface area (Å²) in [6, 6.07) is 50.8. The quantitative estimate of drug-likeness (QED) is 0.0726. The highest BCUT2D eigenvalue weighted by Crippen LogP contribution is 2.28. The summed E-state index contributed by atoms with van der Waals surface area (Å²) in [4.78, 5) is 33.5. The smallest absolute Gasteiger partial charge is 0.145 e. The van der Waals surface area contributed by atoms with E-state index >= 15 is 0 Å². The second kappa shape index (κ2) is 25.9. The van der Waals surface area contributed by atoms with Crippen LogP contribution < -0.4 is 24.2 Å². The topological polar surface area (TPSA) is 127 Å².